The summed E-state index contributed by atoms with van der Waals surface area (Å²) in [4.78, 5) is 18.8. The summed E-state index contributed by atoms with van der Waals surface area (Å²) in [5, 5.41) is 9.09. The van der Waals surface area contributed by atoms with Gasteiger partial charge in [-0.05, 0) is 42.0 Å². The Morgan fingerprint density at radius 2 is 1.66 bits per heavy atom. The number of benzene rings is 2. The third-order valence-corrected chi connectivity index (χ3v) is 6.08. The van der Waals surface area contributed by atoms with Gasteiger partial charge >= 0.3 is 0 Å². The highest BCUT2D eigenvalue weighted by molar-refractivity contribution is 8.00. The van der Waals surface area contributed by atoms with Crippen molar-refractivity contribution in [3.05, 3.63) is 84.7 Å². The first kappa shape index (κ1) is 21.6. The van der Waals surface area contributed by atoms with Crippen LogP contribution in [-0.2, 0) is 4.79 Å². The highest BCUT2D eigenvalue weighted by Crippen LogP contribution is 2.38. The molecule has 2 aromatic carbocycles. The number of nitrogens with zero attached hydrogens (tertiary/aromatic N) is 5. The molecule has 4 aromatic rings. The van der Waals surface area contributed by atoms with Gasteiger partial charge in [0.05, 0.1) is 7.11 Å². The van der Waals surface area contributed by atoms with Crippen LogP contribution in [0.3, 0.4) is 0 Å². The average Bonchev–Trinajstić information content (AvgIpc) is 3.26. The first-order valence-electron chi connectivity index (χ1n) is 10.0. The monoisotopic (exact) mass is 445 g/mol. The number of amides is 1. The second-order valence-electron chi connectivity index (χ2n) is 7.22. The smallest absolute Gasteiger partial charge is 0.240 e. The Morgan fingerprint density at radius 1 is 0.969 bits per heavy atom. The number of carbonyl (C=O) groups is 1. The number of hydrogen-bond donors (Lipinski definition) is 0. The van der Waals surface area contributed by atoms with Gasteiger partial charge in [-0.2, -0.15) is 0 Å². The number of hydrogen-bond acceptors (Lipinski definition) is 6. The molecule has 0 saturated carbocycles. The lowest BCUT2D eigenvalue weighted by molar-refractivity contribution is -0.128. The zero-order valence-electron chi connectivity index (χ0n) is 18.0. The van der Waals surface area contributed by atoms with Crippen LogP contribution in [0.25, 0.3) is 17.1 Å². The molecule has 8 heteroatoms. The van der Waals surface area contributed by atoms with Gasteiger partial charge in [0.2, 0.25) is 5.91 Å². The van der Waals surface area contributed by atoms with Crippen LogP contribution >= 0.6 is 11.8 Å². The molecule has 4 rings (SSSR count). The van der Waals surface area contributed by atoms with Crippen LogP contribution in [0.1, 0.15) is 10.8 Å². The Bertz CT molecular complexity index is 1180. The summed E-state index contributed by atoms with van der Waals surface area (Å²) in [6.07, 6.45) is 3.44. The molecule has 0 aliphatic rings. The van der Waals surface area contributed by atoms with Gasteiger partial charge < -0.3 is 9.64 Å². The van der Waals surface area contributed by atoms with Crippen LogP contribution in [0, 0.1) is 0 Å². The zero-order chi connectivity index (χ0) is 22.5. The SMILES string of the molecule is COc1ccc(-n2c(S[C@H](C(=O)N(C)C)c3ccccc3)nnc2-c2ccncc2)cc1. The van der Waals surface area contributed by atoms with E-state index in [0.29, 0.717) is 11.0 Å². The lowest BCUT2D eigenvalue weighted by atomic mass is 10.1. The second-order valence-corrected chi connectivity index (χ2v) is 8.29. The van der Waals surface area contributed by atoms with E-state index in [1.54, 1.807) is 38.5 Å². The fourth-order valence-corrected chi connectivity index (χ4v) is 4.43. The largest absolute Gasteiger partial charge is 0.497 e. The lowest BCUT2D eigenvalue weighted by Gasteiger charge is -2.20. The molecule has 0 aliphatic heterocycles. The molecule has 7 nitrogen and oxygen atoms in total. The van der Waals surface area contributed by atoms with E-state index in [9.17, 15) is 4.79 Å². The normalized spacial score (nSPS) is 11.7. The highest BCUT2D eigenvalue weighted by Gasteiger charge is 2.27. The van der Waals surface area contributed by atoms with Crippen molar-refractivity contribution in [3.63, 3.8) is 0 Å². The van der Waals surface area contributed by atoms with Crippen molar-refractivity contribution in [1.29, 1.82) is 0 Å². The molecule has 0 unspecified atom stereocenters. The number of rotatable bonds is 7. The fraction of sp³-hybridized carbons (Fsp3) is 0.167. The number of aromatic nitrogens is 4. The maximum Gasteiger partial charge on any atom is 0.240 e. The molecular formula is C24H23N5O2S. The summed E-state index contributed by atoms with van der Waals surface area (Å²) in [6, 6.07) is 21.2. The van der Waals surface area contributed by atoms with Crippen molar-refractivity contribution in [2.24, 2.45) is 0 Å². The molecule has 0 spiro atoms. The molecule has 1 amide bonds. The van der Waals surface area contributed by atoms with Crippen molar-refractivity contribution in [2.75, 3.05) is 21.2 Å². The van der Waals surface area contributed by atoms with Gasteiger partial charge in [0.15, 0.2) is 11.0 Å². The number of likely N-dealkylation sites (N-methyl/N-ethyl adjacent to an activating group) is 1. The lowest BCUT2D eigenvalue weighted by Crippen LogP contribution is -2.27. The Morgan fingerprint density at radius 3 is 2.28 bits per heavy atom. The third kappa shape index (κ3) is 4.50. The van der Waals surface area contributed by atoms with Crippen molar-refractivity contribution < 1.29 is 9.53 Å². The summed E-state index contributed by atoms with van der Waals surface area (Å²) >= 11 is 1.38. The first-order valence-corrected chi connectivity index (χ1v) is 10.9. The molecule has 0 bridgehead atoms. The molecule has 2 aromatic heterocycles. The fourth-order valence-electron chi connectivity index (χ4n) is 3.23. The van der Waals surface area contributed by atoms with Crippen LogP contribution in [0.5, 0.6) is 5.75 Å². The number of thioether (sulfide) groups is 1. The molecule has 0 radical (unpaired) electrons. The van der Waals surface area contributed by atoms with E-state index in [0.717, 1.165) is 22.6 Å². The molecule has 2 heterocycles. The maximum atomic E-state index is 13.1. The van der Waals surface area contributed by atoms with E-state index < -0.39 is 5.25 Å². The van der Waals surface area contributed by atoms with E-state index in [2.05, 4.69) is 15.2 Å². The van der Waals surface area contributed by atoms with Crippen LogP contribution in [-0.4, -0.2) is 51.8 Å². The molecular weight excluding hydrogens is 422 g/mol. The van der Waals surface area contributed by atoms with E-state index in [4.69, 9.17) is 4.74 Å². The Labute approximate surface area is 191 Å². The van der Waals surface area contributed by atoms with Crippen LogP contribution in [0.2, 0.25) is 0 Å². The molecule has 162 valence electrons. The van der Waals surface area contributed by atoms with Gasteiger partial charge in [-0.15, -0.1) is 10.2 Å². The van der Waals surface area contributed by atoms with E-state index in [1.807, 2.05) is 71.3 Å². The minimum Gasteiger partial charge on any atom is -0.497 e. The quantitative estimate of drug-likeness (QED) is 0.396. The second kappa shape index (κ2) is 9.65. The summed E-state index contributed by atoms with van der Waals surface area (Å²) in [5.74, 6) is 1.41. The topological polar surface area (TPSA) is 73.1 Å². The van der Waals surface area contributed by atoms with Gasteiger partial charge in [0.25, 0.3) is 0 Å². The van der Waals surface area contributed by atoms with Crippen LogP contribution in [0.15, 0.2) is 84.3 Å². The standard InChI is InChI=1S/C24H23N5O2S/c1-28(2)23(30)21(17-7-5-4-6-8-17)32-24-27-26-22(18-13-15-25-16-14-18)29(24)19-9-11-20(31-3)12-10-19/h4-16,21H,1-3H3/t21-/m0/s1. The van der Waals surface area contributed by atoms with Gasteiger partial charge in [-0.25, -0.2) is 0 Å². The first-order chi connectivity index (χ1) is 15.6. The van der Waals surface area contributed by atoms with Gasteiger partial charge in [0, 0.05) is 37.7 Å². The summed E-state index contributed by atoms with van der Waals surface area (Å²) < 4.78 is 7.26. The predicted molar refractivity (Wildman–Crippen MR) is 125 cm³/mol. The van der Waals surface area contributed by atoms with Crippen molar-refractivity contribution in [1.82, 2.24) is 24.6 Å². The minimum atomic E-state index is -0.460. The van der Waals surface area contributed by atoms with Crippen LogP contribution in [0.4, 0.5) is 0 Å². The predicted octanol–water partition coefficient (Wildman–Crippen LogP) is 4.26. The van der Waals surface area contributed by atoms with Crippen molar-refractivity contribution >= 4 is 17.7 Å². The Kier molecular flexibility index (Phi) is 6.51. The van der Waals surface area contributed by atoms with Gasteiger partial charge in [0.1, 0.15) is 11.0 Å². The Hall–Kier alpha value is -3.65. The molecule has 0 saturated heterocycles. The Balaban J connectivity index is 1.82. The van der Waals surface area contributed by atoms with Crippen molar-refractivity contribution in [2.45, 2.75) is 10.4 Å². The van der Waals surface area contributed by atoms with Crippen molar-refractivity contribution in [3.8, 4) is 22.8 Å². The summed E-state index contributed by atoms with van der Waals surface area (Å²) in [7, 11) is 5.15. The number of ether oxygens (including phenoxy) is 1. The minimum absolute atomic E-state index is 0.0176. The van der Waals surface area contributed by atoms with Gasteiger partial charge in [-0.3, -0.25) is 14.3 Å². The summed E-state index contributed by atoms with van der Waals surface area (Å²) in [6.45, 7) is 0. The third-order valence-electron chi connectivity index (χ3n) is 4.89. The summed E-state index contributed by atoms with van der Waals surface area (Å²) in [5.41, 5.74) is 2.66. The molecule has 1 atom stereocenters. The van der Waals surface area contributed by atoms with E-state index in [1.165, 1.54) is 11.8 Å². The molecule has 0 N–H and O–H groups in total. The molecule has 0 fully saturated rings. The number of methoxy groups -OCH3 is 1. The zero-order valence-corrected chi connectivity index (χ0v) is 18.9. The highest BCUT2D eigenvalue weighted by atomic mass is 32.2. The molecule has 32 heavy (non-hydrogen) atoms. The number of pyridine rings is 1. The van der Waals surface area contributed by atoms with E-state index >= 15 is 0 Å². The number of carbonyl (C=O) groups excluding carboxylic acids is 1. The molecule has 0 aliphatic carbocycles. The average molecular weight is 446 g/mol. The van der Waals surface area contributed by atoms with Gasteiger partial charge in [-0.1, -0.05) is 42.1 Å². The van der Waals surface area contributed by atoms with E-state index in [-0.39, 0.29) is 5.91 Å². The van der Waals surface area contributed by atoms with Crippen LogP contribution < -0.4 is 4.74 Å². The maximum absolute atomic E-state index is 13.1.